The lowest BCUT2D eigenvalue weighted by atomic mass is 9.71. The standard InChI is InChI=1S/C12H23NO/c1-10-7-12(14,9-13-8-10)11-5-3-2-4-6-11/h10-11,13-14H,2-9H2,1H3. The molecule has 0 radical (unpaired) electrons. The zero-order chi connectivity index (χ0) is 10.0. The van der Waals surface area contributed by atoms with Crippen molar-refractivity contribution in [2.75, 3.05) is 13.1 Å². The highest BCUT2D eigenvalue weighted by atomic mass is 16.3. The zero-order valence-electron chi connectivity index (χ0n) is 9.26. The van der Waals surface area contributed by atoms with Gasteiger partial charge in [-0.1, -0.05) is 26.2 Å². The minimum Gasteiger partial charge on any atom is -0.388 e. The lowest BCUT2D eigenvalue weighted by Crippen LogP contribution is -2.53. The summed E-state index contributed by atoms with van der Waals surface area (Å²) in [4.78, 5) is 0. The van der Waals surface area contributed by atoms with Gasteiger partial charge in [-0.15, -0.1) is 0 Å². The molecule has 2 fully saturated rings. The molecule has 0 aromatic heterocycles. The van der Waals surface area contributed by atoms with E-state index in [9.17, 15) is 5.11 Å². The first-order valence-corrected chi connectivity index (χ1v) is 6.14. The summed E-state index contributed by atoms with van der Waals surface area (Å²) >= 11 is 0. The van der Waals surface area contributed by atoms with Gasteiger partial charge in [0, 0.05) is 6.54 Å². The monoisotopic (exact) mass is 197 g/mol. The van der Waals surface area contributed by atoms with Crippen molar-refractivity contribution in [3.8, 4) is 0 Å². The SMILES string of the molecule is CC1CNCC(O)(C2CCCCC2)C1. The summed E-state index contributed by atoms with van der Waals surface area (Å²) in [5, 5.41) is 14.0. The molecular formula is C12H23NO. The topological polar surface area (TPSA) is 32.3 Å². The summed E-state index contributed by atoms with van der Waals surface area (Å²) in [6.45, 7) is 4.14. The minimum absolute atomic E-state index is 0.391. The maximum Gasteiger partial charge on any atom is 0.0802 e. The quantitative estimate of drug-likeness (QED) is 0.673. The molecule has 0 spiro atoms. The van der Waals surface area contributed by atoms with E-state index in [1.807, 2.05) is 0 Å². The van der Waals surface area contributed by atoms with Gasteiger partial charge in [-0.05, 0) is 37.6 Å². The van der Waals surface area contributed by atoms with Gasteiger partial charge in [-0.2, -0.15) is 0 Å². The number of rotatable bonds is 1. The van der Waals surface area contributed by atoms with Crippen molar-refractivity contribution >= 4 is 0 Å². The molecule has 0 amide bonds. The first-order valence-electron chi connectivity index (χ1n) is 6.14. The second kappa shape index (κ2) is 4.19. The Morgan fingerprint density at radius 3 is 2.57 bits per heavy atom. The average molecular weight is 197 g/mol. The van der Waals surface area contributed by atoms with Crippen LogP contribution in [-0.2, 0) is 0 Å². The van der Waals surface area contributed by atoms with Gasteiger partial charge in [-0.25, -0.2) is 0 Å². The van der Waals surface area contributed by atoms with Crippen LogP contribution in [0.1, 0.15) is 45.4 Å². The van der Waals surface area contributed by atoms with Crippen LogP contribution in [0.5, 0.6) is 0 Å². The van der Waals surface area contributed by atoms with Crippen LogP contribution in [-0.4, -0.2) is 23.8 Å². The lowest BCUT2D eigenvalue weighted by Gasteiger charge is -2.43. The Kier molecular flexibility index (Phi) is 3.13. The molecule has 1 aliphatic heterocycles. The van der Waals surface area contributed by atoms with E-state index in [1.165, 1.54) is 32.1 Å². The van der Waals surface area contributed by atoms with E-state index in [0.29, 0.717) is 11.8 Å². The molecule has 0 bridgehead atoms. The molecule has 14 heavy (non-hydrogen) atoms. The van der Waals surface area contributed by atoms with E-state index in [2.05, 4.69) is 12.2 Å². The molecule has 0 aromatic carbocycles. The molecule has 1 saturated carbocycles. The Morgan fingerprint density at radius 1 is 1.21 bits per heavy atom. The number of aliphatic hydroxyl groups is 1. The number of nitrogens with one attached hydrogen (secondary N) is 1. The van der Waals surface area contributed by atoms with Crippen LogP contribution in [0.15, 0.2) is 0 Å². The fourth-order valence-electron chi connectivity index (χ4n) is 3.23. The minimum atomic E-state index is -0.391. The van der Waals surface area contributed by atoms with E-state index in [-0.39, 0.29) is 0 Å². The van der Waals surface area contributed by atoms with Crippen molar-refractivity contribution in [3.05, 3.63) is 0 Å². The maximum atomic E-state index is 10.6. The number of hydrogen-bond donors (Lipinski definition) is 2. The van der Waals surface area contributed by atoms with Crippen LogP contribution < -0.4 is 5.32 Å². The van der Waals surface area contributed by atoms with Gasteiger partial charge in [0.1, 0.15) is 0 Å². The molecular weight excluding hydrogens is 174 g/mol. The Balaban J connectivity index is 1.98. The molecule has 1 aliphatic carbocycles. The van der Waals surface area contributed by atoms with Crippen LogP contribution >= 0.6 is 0 Å². The lowest BCUT2D eigenvalue weighted by molar-refractivity contribution is -0.0623. The molecule has 0 aromatic rings. The molecule has 2 heteroatoms. The molecule has 2 nitrogen and oxygen atoms in total. The van der Waals surface area contributed by atoms with Crippen LogP contribution in [0.2, 0.25) is 0 Å². The number of hydrogen-bond acceptors (Lipinski definition) is 2. The van der Waals surface area contributed by atoms with Crippen molar-refractivity contribution in [1.29, 1.82) is 0 Å². The number of β-amino-alcohol motifs (C(OH)–C–C–N with tert-alkyl or cyclic N) is 1. The maximum absolute atomic E-state index is 10.6. The second-order valence-electron chi connectivity index (χ2n) is 5.38. The van der Waals surface area contributed by atoms with E-state index in [0.717, 1.165) is 19.5 Å². The van der Waals surface area contributed by atoms with Crippen molar-refractivity contribution in [3.63, 3.8) is 0 Å². The van der Waals surface area contributed by atoms with Gasteiger partial charge in [0.15, 0.2) is 0 Å². The summed E-state index contributed by atoms with van der Waals surface area (Å²) < 4.78 is 0. The molecule has 2 atom stereocenters. The highest BCUT2D eigenvalue weighted by molar-refractivity contribution is 4.94. The fraction of sp³-hybridized carbons (Fsp3) is 1.00. The molecule has 2 aliphatic rings. The predicted octanol–water partition coefficient (Wildman–Crippen LogP) is 1.93. The first-order chi connectivity index (χ1) is 6.71. The van der Waals surface area contributed by atoms with Crippen molar-refractivity contribution in [2.24, 2.45) is 11.8 Å². The molecule has 82 valence electrons. The normalized spacial score (nSPS) is 41.1. The molecule has 2 unspecified atom stereocenters. The molecule has 2 rings (SSSR count). The van der Waals surface area contributed by atoms with Crippen molar-refractivity contribution < 1.29 is 5.11 Å². The summed E-state index contributed by atoms with van der Waals surface area (Å²) in [7, 11) is 0. The first kappa shape index (κ1) is 10.4. The molecule has 1 saturated heterocycles. The van der Waals surface area contributed by atoms with E-state index in [4.69, 9.17) is 0 Å². The summed E-state index contributed by atoms with van der Waals surface area (Å²) in [5.74, 6) is 1.20. The van der Waals surface area contributed by atoms with Gasteiger partial charge in [0.05, 0.1) is 5.60 Å². The van der Waals surface area contributed by atoms with E-state index in [1.54, 1.807) is 0 Å². The Bertz CT molecular complexity index is 189. The van der Waals surface area contributed by atoms with Gasteiger partial charge < -0.3 is 10.4 Å². The van der Waals surface area contributed by atoms with Gasteiger partial charge in [-0.3, -0.25) is 0 Å². The summed E-state index contributed by atoms with van der Waals surface area (Å²) in [6, 6.07) is 0. The average Bonchev–Trinajstić information content (AvgIpc) is 2.19. The Morgan fingerprint density at radius 2 is 1.93 bits per heavy atom. The smallest absolute Gasteiger partial charge is 0.0802 e. The third kappa shape index (κ3) is 2.12. The molecule has 2 N–H and O–H groups in total. The van der Waals surface area contributed by atoms with Gasteiger partial charge in [0.25, 0.3) is 0 Å². The molecule has 1 heterocycles. The van der Waals surface area contributed by atoms with Crippen LogP contribution in [0.4, 0.5) is 0 Å². The van der Waals surface area contributed by atoms with Gasteiger partial charge in [0.2, 0.25) is 0 Å². The van der Waals surface area contributed by atoms with E-state index >= 15 is 0 Å². The Labute approximate surface area is 87.1 Å². The fourth-order valence-corrected chi connectivity index (χ4v) is 3.23. The third-order valence-electron chi connectivity index (χ3n) is 3.99. The van der Waals surface area contributed by atoms with E-state index < -0.39 is 5.60 Å². The number of piperidine rings is 1. The highest BCUT2D eigenvalue weighted by Gasteiger charge is 2.40. The zero-order valence-corrected chi connectivity index (χ0v) is 9.26. The second-order valence-corrected chi connectivity index (χ2v) is 5.38. The van der Waals surface area contributed by atoms with Crippen molar-refractivity contribution in [2.45, 2.75) is 51.0 Å². The summed E-state index contributed by atoms with van der Waals surface area (Å²) in [5.41, 5.74) is -0.391. The van der Waals surface area contributed by atoms with Crippen LogP contribution in [0.25, 0.3) is 0 Å². The van der Waals surface area contributed by atoms with Crippen LogP contribution in [0.3, 0.4) is 0 Å². The largest absolute Gasteiger partial charge is 0.388 e. The van der Waals surface area contributed by atoms with Crippen molar-refractivity contribution in [1.82, 2.24) is 5.32 Å². The summed E-state index contributed by atoms with van der Waals surface area (Å²) in [6.07, 6.45) is 7.50. The predicted molar refractivity (Wildman–Crippen MR) is 58.2 cm³/mol. The highest BCUT2D eigenvalue weighted by Crippen LogP contribution is 2.37. The third-order valence-corrected chi connectivity index (χ3v) is 3.99. The van der Waals surface area contributed by atoms with Gasteiger partial charge >= 0.3 is 0 Å². The Hall–Kier alpha value is -0.0800. The van der Waals surface area contributed by atoms with Crippen LogP contribution in [0, 0.1) is 11.8 Å².